The Morgan fingerprint density at radius 2 is 1.68 bits per heavy atom. The van der Waals surface area contributed by atoms with Crippen molar-refractivity contribution < 1.29 is 51.3 Å². The number of fused-ring (bicyclic) bond motifs is 2. The van der Waals surface area contributed by atoms with Gasteiger partial charge in [-0.25, -0.2) is 27.3 Å². The highest BCUT2D eigenvalue weighted by Crippen LogP contribution is 2.56. The van der Waals surface area contributed by atoms with Crippen LogP contribution in [0.15, 0.2) is 48.7 Å². The van der Waals surface area contributed by atoms with Crippen molar-refractivity contribution in [3.8, 4) is 22.8 Å². The predicted octanol–water partition coefficient (Wildman–Crippen LogP) is 7.67. The molecule has 21 heteroatoms. The van der Waals surface area contributed by atoms with Gasteiger partial charge in [0, 0.05) is 105 Å². The monoisotopic (exact) mass is 1070 g/mol. The SMILES string of the molecule is C[C@H]1CN(CC2CCN(C(=O)C3CCC(NC[C@]4(c5ccccc5)Oc5cc(F)c(Cl)c(-c6c(C(N)=O)cnc(OCCO)c6F)c5[C@@H]4C)CC3)CC2)CC[C@H]1c1c(F)cc2c(N3CCC(=O)NC3=O)nn(C)c2c1F. The van der Waals surface area contributed by atoms with Crippen molar-refractivity contribution in [1.82, 2.24) is 35.2 Å². The van der Waals surface area contributed by atoms with E-state index in [1.54, 1.807) is 7.05 Å². The number of piperidine rings is 2. The number of ether oxygens (including phenoxy) is 2. The Hall–Kier alpha value is -6.35. The number of carbonyl (C=O) groups is 4. The Labute approximate surface area is 442 Å². The van der Waals surface area contributed by atoms with E-state index in [2.05, 4.69) is 25.6 Å². The second-order valence-electron chi connectivity index (χ2n) is 21.2. The van der Waals surface area contributed by atoms with Crippen molar-refractivity contribution in [2.24, 2.45) is 30.5 Å². The zero-order chi connectivity index (χ0) is 53.7. The highest BCUT2D eigenvalue weighted by atomic mass is 35.5. The van der Waals surface area contributed by atoms with Crippen LogP contribution in [0.4, 0.5) is 28.2 Å². The number of nitrogens with one attached hydrogen (secondary N) is 2. The number of benzene rings is 3. The number of halogens is 5. The summed E-state index contributed by atoms with van der Waals surface area (Å²) in [6.07, 6.45) is 6.21. The first-order chi connectivity index (χ1) is 36.5. The molecule has 1 saturated carbocycles. The van der Waals surface area contributed by atoms with Gasteiger partial charge in [-0.15, -0.1) is 0 Å². The van der Waals surface area contributed by atoms with Gasteiger partial charge in [0.2, 0.25) is 11.8 Å². The first-order valence-corrected chi connectivity index (χ1v) is 26.6. The van der Waals surface area contributed by atoms with Crippen molar-refractivity contribution in [2.75, 3.05) is 63.9 Å². The molecule has 4 fully saturated rings. The van der Waals surface area contributed by atoms with Crippen molar-refractivity contribution in [2.45, 2.75) is 88.7 Å². The number of aliphatic hydroxyl groups is 1. The fourth-order valence-corrected chi connectivity index (χ4v) is 12.9. The lowest BCUT2D eigenvalue weighted by Gasteiger charge is -2.41. The van der Waals surface area contributed by atoms with Gasteiger partial charge in [-0.05, 0) is 80.9 Å². The summed E-state index contributed by atoms with van der Waals surface area (Å²) in [6.45, 7) is 6.99. The van der Waals surface area contributed by atoms with Crippen LogP contribution < -0.4 is 30.7 Å². The minimum absolute atomic E-state index is 0.0219. The standard InChI is InChI=1S/C55H62ClF4N9O7/c1-29-26-67(17-15-35(29)43-38(57)23-36-49(47(43)59)66(3)65-51(36)69-20-16-41(71)64-54(69)74)27-31-13-18-68(19-14-31)53(73)32-9-11-34(12-10-32)63-28-55(33-7-5-4-6-8-33)30(2)42-40(76-55)24-39(58)46(56)45(42)44-37(50(61)72)25-62-52(48(44)60)75-22-21-70/h4-8,23-25,29-32,34-35,63,70H,9-22,26-28H2,1-3H3,(H2,61,72)(H,64,71,74)/t29-,30-,32?,34?,35+,55-/m0/s1. The largest absolute Gasteiger partial charge is 0.480 e. The van der Waals surface area contributed by atoms with Crippen LogP contribution in [0, 0.1) is 41.0 Å². The number of hydrogen-bond acceptors (Lipinski definition) is 11. The molecular formula is C55H62ClF4N9O7. The average molecular weight is 1070 g/mol. The van der Waals surface area contributed by atoms with E-state index in [4.69, 9.17) is 26.8 Å². The summed E-state index contributed by atoms with van der Waals surface area (Å²) >= 11 is 6.70. The first kappa shape index (κ1) is 53.1. The Bertz CT molecular complexity index is 3080. The smallest absolute Gasteiger partial charge is 0.329 e. The number of urea groups is 1. The summed E-state index contributed by atoms with van der Waals surface area (Å²) in [4.78, 5) is 60.6. The maximum Gasteiger partial charge on any atom is 0.329 e. The number of likely N-dealkylation sites (tertiary alicyclic amines) is 2. The summed E-state index contributed by atoms with van der Waals surface area (Å²) in [7, 11) is 1.56. The topological polar surface area (TPSA) is 197 Å². The molecule has 76 heavy (non-hydrogen) atoms. The minimum Gasteiger partial charge on any atom is -0.480 e. The first-order valence-electron chi connectivity index (χ1n) is 26.2. The predicted molar refractivity (Wildman–Crippen MR) is 275 cm³/mol. The minimum atomic E-state index is -1.15. The van der Waals surface area contributed by atoms with Gasteiger partial charge in [-0.2, -0.15) is 5.10 Å². The molecule has 5 N–H and O–H groups in total. The Kier molecular flexibility index (Phi) is 15.1. The van der Waals surface area contributed by atoms with Gasteiger partial charge in [0.15, 0.2) is 23.1 Å². The van der Waals surface area contributed by atoms with E-state index in [1.807, 2.05) is 49.1 Å². The maximum absolute atomic E-state index is 16.4. The number of hydrogen-bond donors (Lipinski definition) is 4. The summed E-state index contributed by atoms with van der Waals surface area (Å²) in [5.74, 6) is -5.68. The highest BCUT2D eigenvalue weighted by Gasteiger charge is 2.51. The van der Waals surface area contributed by atoms with Crippen molar-refractivity contribution in [1.29, 1.82) is 0 Å². The van der Waals surface area contributed by atoms with E-state index in [0.717, 1.165) is 44.0 Å². The van der Waals surface area contributed by atoms with E-state index < -0.39 is 70.1 Å². The molecule has 1 aliphatic carbocycles. The number of pyridine rings is 1. The number of anilines is 1. The van der Waals surface area contributed by atoms with Crippen molar-refractivity contribution in [3.05, 3.63) is 99.2 Å². The number of aromatic nitrogens is 3. The van der Waals surface area contributed by atoms with Crippen LogP contribution in [0.1, 0.15) is 104 Å². The molecule has 0 spiro atoms. The molecule has 2 aromatic heterocycles. The van der Waals surface area contributed by atoms with Crippen LogP contribution in [0.25, 0.3) is 22.0 Å². The lowest BCUT2D eigenvalue weighted by molar-refractivity contribution is -0.138. The molecule has 0 unspecified atom stereocenters. The third-order valence-electron chi connectivity index (χ3n) is 16.6. The van der Waals surface area contributed by atoms with Crippen LogP contribution in [0.5, 0.6) is 11.6 Å². The fourth-order valence-electron chi connectivity index (χ4n) is 12.6. The number of carbonyl (C=O) groups excluding carboxylic acids is 4. The number of nitrogens with zero attached hydrogens (tertiary/aromatic N) is 6. The molecule has 5 amide bonds. The molecule has 16 nitrogen and oxygen atoms in total. The van der Waals surface area contributed by atoms with E-state index in [-0.39, 0.29) is 101 Å². The van der Waals surface area contributed by atoms with Gasteiger partial charge in [0.05, 0.1) is 22.6 Å². The van der Waals surface area contributed by atoms with Crippen LogP contribution in [0.3, 0.4) is 0 Å². The number of aliphatic hydroxyl groups excluding tert-OH is 1. The molecule has 3 aromatic carbocycles. The molecule has 10 rings (SSSR count). The number of primary amides is 1. The zero-order valence-corrected chi connectivity index (χ0v) is 43.4. The number of aryl methyl sites for hydroxylation is 1. The maximum atomic E-state index is 16.4. The normalized spacial score (nSPS) is 24.4. The van der Waals surface area contributed by atoms with E-state index in [1.165, 1.54) is 21.7 Å². The molecule has 4 aliphatic heterocycles. The van der Waals surface area contributed by atoms with Gasteiger partial charge in [0.25, 0.3) is 11.8 Å². The van der Waals surface area contributed by atoms with Gasteiger partial charge >= 0.3 is 6.03 Å². The van der Waals surface area contributed by atoms with Gasteiger partial charge in [-0.1, -0.05) is 55.8 Å². The van der Waals surface area contributed by atoms with E-state index >= 15 is 17.6 Å². The molecule has 4 atom stereocenters. The Balaban J connectivity index is 0.746. The number of rotatable bonds is 14. The van der Waals surface area contributed by atoms with Crippen LogP contribution in [-0.2, 0) is 22.2 Å². The van der Waals surface area contributed by atoms with E-state index in [9.17, 15) is 24.3 Å². The summed E-state index contributed by atoms with van der Waals surface area (Å²) in [5.41, 5.74) is 5.01. The van der Waals surface area contributed by atoms with Gasteiger partial charge in [0.1, 0.15) is 29.5 Å². The van der Waals surface area contributed by atoms with Gasteiger partial charge < -0.3 is 35.4 Å². The lowest BCUT2D eigenvalue weighted by Crippen LogP contribution is -2.49. The second kappa shape index (κ2) is 21.6. The zero-order valence-electron chi connectivity index (χ0n) is 42.7. The number of nitrogens with two attached hydrogens (primary N) is 1. The third-order valence-corrected chi connectivity index (χ3v) is 17.0. The summed E-state index contributed by atoms with van der Waals surface area (Å²) in [5, 5.41) is 19.4. The molecule has 5 aliphatic rings. The van der Waals surface area contributed by atoms with Crippen molar-refractivity contribution in [3.63, 3.8) is 0 Å². The molecular weight excluding hydrogens is 1010 g/mol. The third kappa shape index (κ3) is 9.74. The number of amides is 5. The fraction of sp³-hybridized carbons (Fsp3) is 0.491. The second-order valence-corrected chi connectivity index (χ2v) is 21.5. The Morgan fingerprint density at radius 1 is 0.947 bits per heavy atom. The summed E-state index contributed by atoms with van der Waals surface area (Å²) < 4.78 is 78.2. The molecule has 3 saturated heterocycles. The Morgan fingerprint density at radius 3 is 2.37 bits per heavy atom. The van der Waals surface area contributed by atoms with Crippen molar-refractivity contribution >= 4 is 52.1 Å². The van der Waals surface area contributed by atoms with Crippen LogP contribution in [-0.4, -0.2) is 118 Å². The lowest BCUT2D eigenvalue weighted by atomic mass is 9.77. The summed E-state index contributed by atoms with van der Waals surface area (Å²) in [6, 6.07) is 11.2. The van der Waals surface area contributed by atoms with Crippen LogP contribution in [0.2, 0.25) is 5.02 Å². The molecule has 5 aromatic rings. The molecule has 6 heterocycles. The molecule has 404 valence electrons. The molecule has 0 radical (unpaired) electrons. The van der Waals surface area contributed by atoms with E-state index in [0.29, 0.717) is 56.9 Å². The molecule has 0 bridgehead atoms. The van der Waals surface area contributed by atoms with Gasteiger partial charge in [-0.3, -0.25) is 29.3 Å². The highest BCUT2D eigenvalue weighted by molar-refractivity contribution is 6.34. The number of imide groups is 1. The average Bonchev–Trinajstić information content (AvgIpc) is 3.88. The quantitative estimate of drug-likeness (QED) is 0.0797. The van der Waals surface area contributed by atoms with Crippen LogP contribution >= 0.6 is 11.6 Å².